The Kier molecular flexibility index (Phi) is 5.11. The Morgan fingerprint density at radius 3 is 1.32 bits per heavy atom. The standard InChI is InChI=1S/C30H18F4N2O2/c31-15-9-11-17(19(33)13-15)25-27(29-35-21-5-1-3-7-23(21)37-29)26(18-12-10-16(32)14-20(18)34)28(25)30-36-22-6-2-4-8-24(22)38-30/h1-14,25-28H. The molecule has 1 aliphatic rings. The van der Waals surface area contributed by atoms with Crippen LogP contribution in [-0.2, 0) is 0 Å². The van der Waals surface area contributed by atoms with Crippen LogP contribution in [0.25, 0.3) is 22.2 Å². The predicted molar refractivity (Wildman–Crippen MR) is 132 cm³/mol. The molecule has 0 saturated heterocycles. The molecule has 0 radical (unpaired) electrons. The van der Waals surface area contributed by atoms with Crippen LogP contribution in [-0.4, -0.2) is 9.97 Å². The quantitative estimate of drug-likeness (QED) is 0.224. The van der Waals surface area contributed by atoms with Crippen LogP contribution in [0, 0.1) is 23.3 Å². The zero-order valence-corrected chi connectivity index (χ0v) is 19.6. The van der Waals surface area contributed by atoms with Crippen molar-refractivity contribution in [2.45, 2.75) is 23.7 Å². The van der Waals surface area contributed by atoms with Crippen LogP contribution in [0.1, 0.15) is 46.6 Å². The predicted octanol–water partition coefficient (Wildman–Crippen LogP) is 7.97. The molecule has 1 fully saturated rings. The van der Waals surface area contributed by atoms with Gasteiger partial charge in [0.2, 0.25) is 0 Å². The first-order valence-corrected chi connectivity index (χ1v) is 12.1. The molecule has 0 unspecified atom stereocenters. The molecule has 4 nitrogen and oxygen atoms in total. The summed E-state index contributed by atoms with van der Waals surface area (Å²) >= 11 is 0. The summed E-state index contributed by atoms with van der Waals surface area (Å²) < 4.78 is 70.6. The Morgan fingerprint density at radius 1 is 0.500 bits per heavy atom. The van der Waals surface area contributed by atoms with Gasteiger partial charge < -0.3 is 8.83 Å². The van der Waals surface area contributed by atoms with Gasteiger partial charge in [-0.05, 0) is 47.5 Å². The second kappa shape index (κ2) is 8.55. The third kappa shape index (κ3) is 3.51. The van der Waals surface area contributed by atoms with Crippen molar-refractivity contribution in [3.8, 4) is 0 Å². The topological polar surface area (TPSA) is 52.1 Å². The lowest BCUT2D eigenvalue weighted by molar-refractivity contribution is 0.165. The fraction of sp³-hybridized carbons (Fsp3) is 0.133. The molecule has 2 heterocycles. The highest BCUT2D eigenvalue weighted by Crippen LogP contribution is 2.67. The summed E-state index contributed by atoms with van der Waals surface area (Å²) in [5.74, 6) is -5.15. The zero-order valence-electron chi connectivity index (χ0n) is 19.6. The molecule has 0 N–H and O–H groups in total. The van der Waals surface area contributed by atoms with Crippen LogP contribution in [0.15, 0.2) is 93.8 Å². The molecule has 38 heavy (non-hydrogen) atoms. The molecule has 8 heteroatoms. The van der Waals surface area contributed by atoms with Crippen LogP contribution in [0.2, 0.25) is 0 Å². The van der Waals surface area contributed by atoms with Crippen LogP contribution in [0.4, 0.5) is 17.6 Å². The van der Waals surface area contributed by atoms with Gasteiger partial charge in [-0.25, -0.2) is 27.5 Å². The Hall–Kier alpha value is -4.46. The van der Waals surface area contributed by atoms with Gasteiger partial charge in [-0.3, -0.25) is 0 Å². The van der Waals surface area contributed by atoms with Gasteiger partial charge in [0.1, 0.15) is 34.3 Å². The third-order valence-electron chi connectivity index (χ3n) is 7.38. The van der Waals surface area contributed by atoms with Crippen molar-refractivity contribution in [2.75, 3.05) is 0 Å². The van der Waals surface area contributed by atoms with E-state index in [1.807, 2.05) is 12.1 Å². The highest BCUT2D eigenvalue weighted by Gasteiger charge is 2.58. The van der Waals surface area contributed by atoms with Gasteiger partial charge in [0.05, 0.1) is 11.8 Å². The van der Waals surface area contributed by atoms with E-state index in [0.29, 0.717) is 22.2 Å². The van der Waals surface area contributed by atoms with Crippen LogP contribution < -0.4 is 0 Å². The molecule has 1 saturated carbocycles. The van der Waals surface area contributed by atoms with Crippen molar-refractivity contribution in [3.05, 3.63) is 131 Å². The van der Waals surface area contributed by atoms with E-state index in [-0.39, 0.29) is 22.9 Å². The van der Waals surface area contributed by atoms with E-state index in [4.69, 9.17) is 8.83 Å². The Morgan fingerprint density at radius 2 is 0.921 bits per heavy atom. The average Bonchev–Trinajstić information content (AvgIpc) is 3.49. The number of oxazole rings is 2. The van der Waals surface area contributed by atoms with Gasteiger partial charge >= 0.3 is 0 Å². The fourth-order valence-corrected chi connectivity index (χ4v) is 5.75. The van der Waals surface area contributed by atoms with E-state index in [0.717, 1.165) is 12.1 Å². The largest absolute Gasteiger partial charge is 0.440 e. The molecule has 6 aromatic rings. The van der Waals surface area contributed by atoms with E-state index in [9.17, 15) is 8.78 Å². The third-order valence-corrected chi connectivity index (χ3v) is 7.38. The first-order valence-electron chi connectivity index (χ1n) is 12.1. The summed E-state index contributed by atoms with van der Waals surface area (Å²) in [7, 11) is 0. The van der Waals surface area contributed by atoms with Crippen LogP contribution >= 0.6 is 0 Å². The fourth-order valence-electron chi connectivity index (χ4n) is 5.75. The monoisotopic (exact) mass is 514 g/mol. The second-order valence-corrected chi connectivity index (χ2v) is 9.47. The summed E-state index contributed by atoms with van der Waals surface area (Å²) in [4.78, 5) is 9.28. The van der Waals surface area contributed by atoms with E-state index in [1.165, 1.54) is 24.3 Å². The van der Waals surface area contributed by atoms with Crippen molar-refractivity contribution in [1.29, 1.82) is 0 Å². The van der Waals surface area contributed by atoms with E-state index in [1.54, 1.807) is 36.4 Å². The molecular weight excluding hydrogens is 496 g/mol. The molecule has 0 bridgehead atoms. The number of fused-ring (bicyclic) bond motifs is 2. The molecule has 4 aromatic carbocycles. The van der Waals surface area contributed by atoms with Crippen LogP contribution in [0.5, 0.6) is 0 Å². The van der Waals surface area contributed by atoms with Gasteiger partial charge in [-0.15, -0.1) is 0 Å². The average molecular weight is 514 g/mol. The number of hydrogen-bond acceptors (Lipinski definition) is 4. The smallest absolute Gasteiger partial charge is 0.199 e. The highest BCUT2D eigenvalue weighted by atomic mass is 19.1. The van der Waals surface area contributed by atoms with E-state index < -0.39 is 46.9 Å². The lowest BCUT2D eigenvalue weighted by Gasteiger charge is -2.49. The maximum Gasteiger partial charge on any atom is 0.199 e. The molecule has 7 rings (SSSR count). The van der Waals surface area contributed by atoms with Crippen molar-refractivity contribution < 1.29 is 26.4 Å². The molecule has 0 amide bonds. The lowest BCUT2D eigenvalue weighted by Crippen LogP contribution is -2.41. The van der Waals surface area contributed by atoms with Gasteiger partial charge in [-0.1, -0.05) is 36.4 Å². The van der Waals surface area contributed by atoms with Crippen LogP contribution in [0.3, 0.4) is 0 Å². The van der Waals surface area contributed by atoms with E-state index in [2.05, 4.69) is 9.97 Å². The van der Waals surface area contributed by atoms with Gasteiger partial charge in [0, 0.05) is 24.0 Å². The maximum absolute atomic E-state index is 15.3. The Labute approximate surface area is 213 Å². The summed E-state index contributed by atoms with van der Waals surface area (Å²) in [6, 6.07) is 21.0. The number of nitrogens with zero attached hydrogens (tertiary/aromatic N) is 2. The molecule has 188 valence electrons. The number of rotatable bonds is 4. The lowest BCUT2D eigenvalue weighted by atomic mass is 9.52. The van der Waals surface area contributed by atoms with Gasteiger partial charge in [0.15, 0.2) is 22.9 Å². The molecule has 0 aliphatic heterocycles. The summed E-state index contributed by atoms with van der Waals surface area (Å²) in [5, 5.41) is 0. The minimum absolute atomic E-state index is 0.199. The molecular formula is C30H18F4N2O2. The number of benzene rings is 4. The molecule has 1 aliphatic carbocycles. The highest BCUT2D eigenvalue weighted by molar-refractivity contribution is 5.73. The maximum atomic E-state index is 15.3. The first kappa shape index (κ1) is 22.7. The number of halogens is 4. The Balaban J connectivity index is 1.47. The van der Waals surface area contributed by atoms with Crippen molar-refractivity contribution in [3.63, 3.8) is 0 Å². The molecule has 0 atom stereocenters. The number of para-hydroxylation sites is 4. The van der Waals surface area contributed by atoms with Crippen molar-refractivity contribution >= 4 is 22.2 Å². The van der Waals surface area contributed by atoms with Gasteiger partial charge in [-0.2, -0.15) is 0 Å². The minimum Gasteiger partial charge on any atom is -0.440 e. The Bertz CT molecular complexity index is 1620. The second-order valence-electron chi connectivity index (χ2n) is 9.47. The van der Waals surface area contributed by atoms with Crippen molar-refractivity contribution in [1.82, 2.24) is 9.97 Å². The summed E-state index contributed by atoms with van der Waals surface area (Å²) in [6.07, 6.45) is 0. The minimum atomic E-state index is -0.754. The summed E-state index contributed by atoms with van der Waals surface area (Å²) in [6.45, 7) is 0. The number of hydrogen-bond donors (Lipinski definition) is 0. The van der Waals surface area contributed by atoms with Gasteiger partial charge in [0.25, 0.3) is 0 Å². The normalized spacial score (nSPS) is 21.2. The van der Waals surface area contributed by atoms with E-state index >= 15 is 8.78 Å². The first-order chi connectivity index (χ1) is 18.5. The zero-order chi connectivity index (χ0) is 26.0. The summed E-state index contributed by atoms with van der Waals surface area (Å²) in [5.41, 5.74) is 2.61. The SMILES string of the molecule is Fc1ccc(C2C(c3nc4ccccc4o3)C(c3ccc(F)cc3F)C2c2nc3ccccc3o2)c(F)c1. The molecule has 0 spiro atoms. The number of aromatic nitrogens is 2. The molecule has 2 aromatic heterocycles. The van der Waals surface area contributed by atoms with Crippen molar-refractivity contribution in [2.24, 2.45) is 0 Å².